The molecule has 2 atom stereocenters. The number of nitrogens with zero attached hydrogens (tertiary/aromatic N) is 2. The molecule has 1 saturated carbocycles. The van der Waals surface area contributed by atoms with E-state index in [1.807, 2.05) is 24.2 Å². The molecule has 1 saturated heterocycles. The van der Waals surface area contributed by atoms with Crippen LogP contribution in [0.1, 0.15) is 40.4 Å². The molecule has 3 heterocycles. The number of likely N-dealkylation sites (tertiary alicyclic amines) is 1. The molecule has 0 bridgehead atoms. The van der Waals surface area contributed by atoms with Crippen molar-refractivity contribution in [2.75, 3.05) is 26.3 Å². The summed E-state index contributed by atoms with van der Waals surface area (Å²) < 4.78 is 11.3. The van der Waals surface area contributed by atoms with Crippen LogP contribution in [0.3, 0.4) is 0 Å². The Morgan fingerprint density at radius 3 is 2.72 bits per heavy atom. The summed E-state index contributed by atoms with van der Waals surface area (Å²) in [5.41, 5.74) is 1.89. The molecule has 2 aromatic rings. The average Bonchev–Trinajstić information content (AvgIpc) is 3.20. The summed E-state index contributed by atoms with van der Waals surface area (Å²) in [6.07, 6.45) is 7.81. The maximum Gasteiger partial charge on any atom is 0.257 e. The first kappa shape index (κ1) is 16.3. The van der Waals surface area contributed by atoms with Gasteiger partial charge in [0.25, 0.3) is 5.91 Å². The van der Waals surface area contributed by atoms with Crippen LogP contribution in [0.15, 0.2) is 41.3 Å². The van der Waals surface area contributed by atoms with E-state index in [1.165, 1.54) is 18.4 Å². The molecule has 2 aliphatic rings. The topological polar surface area (TPSA) is 55.6 Å². The van der Waals surface area contributed by atoms with E-state index in [0.29, 0.717) is 36.3 Å². The highest BCUT2D eigenvalue weighted by Crippen LogP contribution is 2.35. The monoisotopic (exact) mass is 340 g/mol. The van der Waals surface area contributed by atoms with Crippen molar-refractivity contribution in [3.63, 3.8) is 0 Å². The molecule has 132 valence electrons. The number of amides is 1. The number of furan rings is 1. The lowest BCUT2D eigenvalue weighted by atomic mass is 9.90. The smallest absolute Gasteiger partial charge is 0.257 e. The van der Waals surface area contributed by atoms with Gasteiger partial charge in [-0.1, -0.05) is 0 Å². The van der Waals surface area contributed by atoms with Crippen LogP contribution in [-0.4, -0.2) is 42.1 Å². The van der Waals surface area contributed by atoms with Gasteiger partial charge in [0.05, 0.1) is 18.4 Å². The van der Waals surface area contributed by atoms with Crippen molar-refractivity contribution >= 4 is 5.91 Å². The van der Waals surface area contributed by atoms with Crippen molar-refractivity contribution < 1.29 is 13.9 Å². The Balaban J connectivity index is 1.48. The van der Waals surface area contributed by atoms with Crippen LogP contribution in [0, 0.1) is 18.8 Å². The first-order valence-corrected chi connectivity index (χ1v) is 9.03. The molecule has 5 nitrogen and oxygen atoms in total. The van der Waals surface area contributed by atoms with Crippen molar-refractivity contribution in [3.05, 3.63) is 53.7 Å². The summed E-state index contributed by atoms with van der Waals surface area (Å²) in [4.78, 5) is 18.9. The molecule has 0 radical (unpaired) electrons. The Labute approximate surface area is 148 Å². The van der Waals surface area contributed by atoms with Gasteiger partial charge >= 0.3 is 0 Å². The highest BCUT2D eigenvalue weighted by molar-refractivity contribution is 5.95. The van der Waals surface area contributed by atoms with Gasteiger partial charge in [-0.25, -0.2) is 0 Å². The van der Waals surface area contributed by atoms with Gasteiger partial charge in [-0.15, -0.1) is 0 Å². The zero-order valence-corrected chi connectivity index (χ0v) is 14.6. The Hall–Kier alpha value is -2.14. The van der Waals surface area contributed by atoms with Gasteiger partial charge in [0, 0.05) is 43.9 Å². The number of carbonyl (C=O) groups is 1. The lowest BCUT2D eigenvalue weighted by molar-refractivity contribution is 0.0738. The normalized spacial score (nSPS) is 23.2. The summed E-state index contributed by atoms with van der Waals surface area (Å²) in [6.45, 7) is 4.83. The Morgan fingerprint density at radius 1 is 1.24 bits per heavy atom. The van der Waals surface area contributed by atoms with Crippen LogP contribution in [-0.2, 0) is 4.74 Å². The van der Waals surface area contributed by atoms with Crippen molar-refractivity contribution in [1.29, 1.82) is 0 Å². The number of aryl methyl sites for hydroxylation is 1. The van der Waals surface area contributed by atoms with E-state index in [4.69, 9.17) is 9.15 Å². The van der Waals surface area contributed by atoms with Gasteiger partial charge in [0.2, 0.25) is 0 Å². The lowest BCUT2D eigenvalue weighted by Gasteiger charge is -2.18. The number of rotatable bonds is 6. The van der Waals surface area contributed by atoms with Crippen LogP contribution in [0.2, 0.25) is 0 Å². The number of carbonyl (C=O) groups excluding carboxylic acids is 1. The second-order valence-electron chi connectivity index (χ2n) is 7.23. The molecule has 2 fully saturated rings. The summed E-state index contributed by atoms with van der Waals surface area (Å²) in [7, 11) is 0. The van der Waals surface area contributed by atoms with Crippen LogP contribution in [0.4, 0.5) is 0 Å². The van der Waals surface area contributed by atoms with E-state index in [0.717, 1.165) is 19.1 Å². The number of aromatic nitrogens is 1. The molecular weight excluding hydrogens is 316 g/mol. The third-order valence-corrected chi connectivity index (χ3v) is 5.33. The molecule has 0 N–H and O–H groups in total. The molecule has 1 aliphatic carbocycles. The van der Waals surface area contributed by atoms with Crippen molar-refractivity contribution in [3.8, 4) is 0 Å². The zero-order chi connectivity index (χ0) is 17.2. The predicted molar refractivity (Wildman–Crippen MR) is 93.4 cm³/mol. The fourth-order valence-corrected chi connectivity index (χ4v) is 3.64. The molecular formula is C20H24N2O3. The summed E-state index contributed by atoms with van der Waals surface area (Å²) in [6, 6.07) is 5.86. The molecule has 25 heavy (non-hydrogen) atoms. The van der Waals surface area contributed by atoms with Crippen molar-refractivity contribution in [1.82, 2.24) is 9.88 Å². The third-order valence-electron chi connectivity index (χ3n) is 5.33. The number of ether oxygens (including phenoxy) is 1. The standard InChI is InChI=1S/C20H24N2O3/c1-14-18(6-9-25-14)20(23)22-10-17(13-24-12-15-2-3-15)19(11-22)16-4-7-21-8-5-16/h4-9,15,17,19H,2-3,10-13H2,1H3/t17-,19-/m0/s1. The van der Waals surface area contributed by atoms with Gasteiger partial charge in [-0.3, -0.25) is 9.78 Å². The molecule has 0 spiro atoms. The third kappa shape index (κ3) is 3.61. The number of hydrogen-bond acceptors (Lipinski definition) is 4. The van der Waals surface area contributed by atoms with Gasteiger partial charge in [-0.2, -0.15) is 0 Å². The van der Waals surface area contributed by atoms with Gasteiger partial charge in [-0.05, 0) is 49.4 Å². The highest BCUT2D eigenvalue weighted by atomic mass is 16.5. The summed E-state index contributed by atoms with van der Waals surface area (Å²) >= 11 is 0. The van der Waals surface area contributed by atoms with E-state index in [-0.39, 0.29) is 5.91 Å². The Bertz CT molecular complexity index is 724. The maximum atomic E-state index is 12.9. The molecule has 0 unspecified atom stereocenters. The van der Waals surface area contributed by atoms with E-state index < -0.39 is 0 Å². The first-order valence-electron chi connectivity index (χ1n) is 9.03. The lowest BCUT2D eigenvalue weighted by Crippen LogP contribution is -2.29. The fraction of sp³-hybridized carbons (Fsp3) is 0.500. The van der Waals surface area contributed by atoms with Crippen molar-refractivity contribution in [2.24, 2.45) is 11.8 Å². The second-order valence-corrected chi connectivity index (χ2v) is 7.23. The maximum absolute atomic E-state index is 12.9. The van der Waals surface area contributed by atoms with Crippen LogP contribution in [0.25, 0.3) is 0 Å². The molecule has 5 heteroatoms. The van der Waals surface area contributed by atoms with E-state index in [9.17, 15) is 4.79 Å². The van der Waals surface area contributed by atoms with E-state index >= 15 is 0 Å². The zero-order valence-electron chi connectivity index (χ0n) is 14.6. The Kier molecular flexibility index (Phi) is 4.57. The van der Waals surface area contributed by atoms with Gasteiger partial charge < -0.3 is 14.1 Å². The van der Waals surface area contributed by atoms with E-state index in [1.54, 1.807) is 12.3 Å². The summed E-state index contributed by atoms with van der Waals surface area (Å²) in [5, 5.41) is 0. The molecule has 2 aromatic heterocycles. The highest BCUT2D eigenvalue weighted by Gasteiger charge is 2.37. The summed E-state index contributed by atoms with van der Waals surface area (Å²) in [5.74, 6) is 2.09. The van der Waals surface area contributed by atoms with Gasteiger partial charge in [0.15, 0.2) is 0 Å². The Morgan fingerprint density at radius 2 is 2.04 bits per heavy atom. The quantitative estimate of drug-likeness (QED) is 0.810. The minimum Gasteiger partial charge on any atom is -0.469 e. The van der Waals surface area contributed by atoms with Crippen LogP contribution < -0.4 is 0 Å². The minimum atomic E-state index is 0.0509. The van der Waals surface area contributed by atoms with Gasteiger partial charge in [0.1, 0.15) is 5.76 Å². The SMILES string of the molecule is Cc1occc1C(=O)N1C[C@@H](COCC2CC2)[C@H](c2ccncc2)C1. The van der Waals surface area contributed by atoms with Crippen LogP contribution in [0.5, 0.6) is 0 Å². The fourth-order valence-electron chi connectivity index (χ4n) is 3.64. The first-order chi connectivity index (χ1) is 12.2. The molecule has 0 aromatic carbocycles. The second kappa shape index (κ2) is 7.00. The van der Waals surface area contributed by atoms with Crippen LogP contribution >= 0.6 is 0 Å². The van der Waals surface area contributed by atoms with Crippen molar-refractivity contribution in [2.45, 2.75) is 25.7 Å². The van der Waals surface area contributed by atoms with E-state index in [2.05, 4.69) is 17.1 Å². The minimum absolute atomic E-state index is 0.0509. The average molecular weight is 340 g/mol. The number of hydrogen-bond donors (Lipinski definition) is 0. The molecule has 1 amide bonds. The molecule has 4 rings (SSSR count). The largest absolute Gasteiger partial charge is 0.469 e. The number of pyridine rings is 1. The molecule has 1 aliphatic heterocycles. The predicted octanol–water partition coefficient (Wildman–Crippen LogP) is 3.27.